The molecular weight excluding hydrogens is 942 g/mol. The van der Waals surface area contributed by atoms with Gasteiger partial charge < -0.3 is 23.4 Å². The highest BCUT2D eigenvalue weighted by molar-refractivity contribution is 7.71. The Morgan fingerprint density at radius 2 is 0.843 bits per heavy atom. The molecule has 408 valence electrons. The average molecular weight is 1060 g/mol. The van der Waals surface area contributed by atoms with Gasteiger partial charge >= 0.3 is 11.9 Å². The fourth-order valence-electron chi connectivity index (χ4n) is 8.70. The number of hydrogen-bond donors (Lipinski definition) is 1. The van der Waals surface area contributed by atoms with Crippen molar-refractivity contribution < 1.29 is 33.0 Å². The lowest BCUT2D eigenvalue weighted by Crippen LogP contribution is -2.22. The molecule has 0 aromatic carbocycles. The summed E-state index contributed by atoms with van der Waals surface area (Å²) in [7, 11) is 3.96. The maximum atomic E-state index is 12.6. The van der Waals surface area contributed by atoms with Gasteiger partial charge in [0.1, 0.15) is 29.2 Å². The van der Waals surface area contributed by atoms with E-state index in [1.807, 2.05) is 0 Å². The van der Waals surface area contributed by atoms with Crippen LogP contribution >= 0.6 is 17.5 Å². The van der Waals surface area contributed by atoms with Crippen molar-refractivity contribution in [3.05, 3.63) is 10.4 Å². The zero-order chi connectivity index (χ0) is 55.2. The molecule has 10 nitrogen and oxygen atoms in total. The van der Waals surface area contributed by atoms with Crippen LogP contribution < -0.4 is 0 Å². The first-order valence-corrected chi connectivity index (χ1v) is 35.0. The molecule has 0 heterocycles. The van der Waals surface area contributed by atoms with Gasteiger partial charge in [0.25, 0.3) is 0 Å². The summed E-state index contributed by atoms with van der Waals surface area (Å²) in [5, 5.41) is 13.9. The van der Waals surface area contributed by atoms with Crippen LogP contribution in [-0.2, 0) is 27.9 Å². The SMILES string of the molecule is [2H][Si]([B])(OC[C@@H](CCCC(CCCCCCCC)OC(=O)CCCCCCCCCCCC)N=[N+]=[N-])P[3H].[2H][Si]([B])(OC[C@@H](O)CCCC(CCCCCCCC)OC(=O)CCCCCCCCCCCC)P[3H]. The molecule has 0 aliphatic heterocycles. The number of carbonyl (C=O) groups is 2. The van der Waals surface area contributed by atoms with Gasteiger partial charge in [0.2, 0.25) is 0 Å². The maximum absolute atomic E-state index is 12.6. The van der Waals surface area contributed by atoms with Gasteiger partial charge in [0.15, 0.2) is 0 Å². The van der Waals surface area contributed by atoms with E-state index in [-0.39, 0.29) is 37.4 Å². The number of unbranched alkanes of at least 4 members (excludes halogenated alkanes) is 28. The molecule has 0 fully saturated rings. The Balaban J connectivity index is 0. The van der Waals surface area contributed by atoms with Crippen LogP contribution in [0.1, 0.15) is 297 Å². The Hall–Kier alpha value is -0.446. The van der Waals surface area contributed by atoms with E-state index < -0.39 is 46.6 Å². The molecule has 16 heteroatoms. The quantitative estimate of drug-likeness (QED) is 0.0122. The van der Waals surface area contributed by atoms with Crippen LogP contribution in [0.3, 0.4) is 0 Å². The predicted molar refractivity (Wildman–Crippen MR) is 312 cm³/mol. The third kappa shape index (κ3) is 56.8. The maximum Gasteiger partial charge on any atom is 0.306 e. The highest BCUT2D eigenvalue weighted by Crippen LogP contribution is 2.21. The summed E-state index contributed by atoms with van der Waals surface area (Å²) in [6, 6.07) is -0.422. The summed E-state index contributed by atoms with van der Waals surface area (Å²) in [6.07, 6.45) is 45.2. The number of aliphatic hydroxyl groups excluding tert-OH is 1. The van der Waals surface area contributed by atoms with E-state index in [9.17, 15) is 14.7 Å². The van der Waals surface area contributed by atoms with Crippen molar-refractivity contribution in [2.75, 3.05) is 13.2 Å². The number of aliphatic hydroxyl groups is 1. The van der Waals surface area contributed by atoms with Crippen molar-refractivity contribution in [2.45, 2.75) is 322 Å². The van der Waals surface area contributed by atoms with Gasteiger partial charge in [-0.3, -0.25) is 9.59 Å². The van der Waals surface area contributed by atoms with E-state index >= 15 is 0 Å². The molecular formula is C54H111B2N3O7P2Si2. The summed E-state index contributed by atoms with van der Waals surface area (Å²) < 4.78 is 52.5. The van der Waals surface area contributed by atoms with E-state index in [0.717, 1.165) is 83.5 Å². The second kappa shape index (κ2) is 57.8. The van der Waals surface area contributed by atoms with Crippen LogP contribution in [0.4, 0.5) is 0 Å². The summed E-state index contributed by atoms with van der Waals surface area (Å²) in [5.74, 6) is -0.181. The number of esters is 2. The van der Waals surface area contributed by atoms with Crippen molar-refractivity contribution in [3.8, 4) is 0 Å². The van der Waals surface area contributed by atoms with Crippen molar-refractivity contribution in [3.63, 3.8) is 0 Å². The molecule has 70 heavy (non-hydrogen) atoms. The van der Waals surface area contributed by atoms with Crippen LogP contribution in [-0.4, -0.2) is 91.5 Å². The third-order valence-electron chi connectivity index (χ3n) is 13.0. The molecule has 6 unspecified atom stereocenters. The highest BCUT2D eigenvalue weighted by atomic mass is 31.3. The highest BCUT2D eigenvalue weighted by Gasteiger charge is 2.18. The van der Waals surface area contributed by atoms with E-state index in [2.05, 4.69) is 37.7 Å². The minimum atomic E-state index is -3.22. The van der Waals surface area contributed by atoms with Gasteiger partial charge in [-0.1, -0.05) is 213 Å². The van der Waals surface area contributed by atoms with Crippen LogP contribution in [0.15, 0.2) is 5.11 Å². The molecule has 0 amide bonds. The first-order chi connectivity index (χ1) is 35.7. The minimum Gasteiger partial charge on any atom is -0.462 e. The van der Waals surface area contributed by atoms with Gasteiger partial charge in [0, 0.05) is 26.8 Å². The molecule has 0 saturated carbocycles. The smallest absolute Gasteiger partial charge is 0.306 e. The zero-order valence-electron chi connectivity index (χ0n) is 49.8. The lowest BCUT2D eigenvalue weighted by Gasteiger charge is -2.19. The molecule has 0 saturated heterocycles. The normalized spacial score (nSPS) is 15.9. The number of azide groups is 1. The number of ether oxygens (including phenoxy) is 2. The topological polar surface area (TPSA) is 140 Å². The van der Waals surface area contributed by atoms with Crippen LogP contribution in [0, 0.1) is 0 Å². The largest absolute Gasteiger partial charge is 0.462 e. The van der Waals surface area contributed by atoms with Crippen LogP contribution in [0.25, 0.3) is 10.4 Å². The zero-order valence-corrected chi connectivity index (χ0v) is 49.8. The monoisotopic (exact) mass is 1060 g/mol. The van der Waals surface area contributed by atoms with Gasteiger partial charge in [-0.15, -0.1) is 17.5 Å². The minimum absolute atomic E-state index is 0.0126. The third-order valence-corrected chi connectivity index (χ3v) is 14.9. The van der Waals surface area contributed by atoms with Crippen molar-refractivity contribution >= 4 is 61.3 Å². The predicted octanol–water partition coefficient (Wildman–Crippen LogP) is 15.9. The van der Waals surface area contributed by atoms with Crippen molar-refractivity contribution in [1.82, 2.24) is 0 Å². The molecule has 4 radical (unpaired) electrons. The van der Waals surface area contributed by atoms with Crippen LogP contribution in [0.2, 0.25) is 0 Å². The molecule has 8 atom stereocenters. The summed E-state index contributed by atoms with van der Waals surface area (Å²) >= 11 is 0. The first kappa shape index (κ1) is 63.8. The Kier molecular flexibility index (Phi) is 52.7. The lowest BCUT2D eigenvalue weighted by atomic mass is 10.0. The van der Waals surface area contributed by atoms with Gasteiger partial charge in [0.05, 0.1) is 36.2 Å². The fraction of sp³-hybridized carbons (Fsp3) is 0.963. The second-order valence-electron chi connectivity index (χ2n) is 19.9. The lowest BCUT2D eigenvalue weighted by molar-refractivity contribution is -0.151. The number of hydrogen-bond acceptors (Lipinski definition) is 8. The van der Waals surface area contributed by atoms with Gasteiger partial charge in [-0.2, -0.15) is 0 Å². The van der Waals surface area contributed by atoms with Gasteiger partial charge in [-0.25, -0.2) is 0 Å². The Bertz CT molecular complexity index is 1320. The summed E-state index contributed by atoms with van der Waals surface area (Å²) in [4.78, 5) is 27.9. The summed E-state index contributed by atoms with van der Waals surface area (Å²) in [5.41, 5.74) is 8.88. The molecule has 1 N–H and O–H groups in total. The van der Waals surface area contributed by atoms with Crippen molar-refractivity contribution in [1.29, 1.82) is 5.03 Å². The van der Waals surface area contributed by atoms with E-state index in [0.29, 0.717) is 25.7 Å². The van der Waals surface area contributed by atoms with E-state index in [1.54, 1.807) is 0 Å². The number of rotatable bonds is 55. The molecule has 0 aliphatic rings. The molecule has 0 spiro atoms. The molecule has 0 rings (SSSR count). The van der Waals surface area contributed by atoms with E-state index in [4.69, 9.17) is 43.8 Å². The standard InChI is InChI=1S/C27H55BN3O3PSi.C27H56BO4PSi/c1-3-5-7-9-11-12-13-14-16-18-23-27(32)34-26(21-17-15-10-8-6-4-2)22-19-20-25(30-31-29)24-33-36(28)35;1-3-5-7-9-11-12-13-14-16-18-23-27(30)32-26(21-17-15-10-8-6-4-2)22-19-20-25(29)24-31-34(28)33/h25-26,36H,3-24,35H2,1-2H3;25-26,29,34H,3-24,33H2,1-2H3/t25-,26?,36?;25-,26?,34?/m10/s1/i35T,36D;33T,34D/t25-,26?,35?,36?;25-,26?,33?,34?. The van der Waals surface area contributed by atoms with Crippen molar-refractivity contribution in [2.24, 2.45) is 5.11 Å². The Labute approximate surface area is 448 Å². The fourth-order valence-corrected chi connectivity index (χ4v) is 9.94. The molecule has 0 bridgehead atoms. The number of carbonyl (C=O) groups excluding carboxylic acids is 2. The second-order valence-corrected chi connectivity index (χ2v) is 24.9. The Morgan fingerprint density at radius 1 is 0.529 bits per heavy atom. The van der Waals surface area contributed by atoms with E-state index in [1.165, 1.54) is 161 Å². The average Bonchev–Trinajstić information content (AvgIpc) is 3.38. The number of nitrogens with zero attached hydrogens (tertiary/aromatic N) is 3. The molecule has 0 aromatic rings. The van der Waals surface area contributed by atoms with Gasteiger partial charge in [-0.05, 0) is 82.6 Å². The first-order valence-electron chi connectivity index (χ1n) is 31.1. The molecule has 0 aromatic heterocycles. The van der Waals surface area contributed by atoms with Crippen LogP contribution in [0.5, 0.6) is 0 Å². The molecule has 0 aliphatic carbocycles. The Morgan fingerprint density at radius 3 is 1.20 bits per heavy atom. The summed E-state index contributed by atoms with van der Waals surface area (Å²) in [6.45, 7) is 9.01.